The van der Waals surface area contributed by atoms with Gasteiger partial charge in [-0.15, -0.1) is 0 Å². The molecule has 3 aromatic rings. The van der Waals surface area contributed by atoms with Crippen LogP contribution >= 0.6 is 0 Å². The van der Waals surface area contributed by atoms with Crippen LogP contribution in [0.3, 0.4) is 0 Å². The van der Waals surface area contributed by atoms with Crippen molar-refractivity contribution in [1.82, 2.24) is 4.90 Å². The van der Waals surface area contributed by atoms with Crippen LogP contribution in [0.4, 0.5) is 4.39 Å². The number of methoxy groups -OCH3 is 1. The fraction of sp³-hybridized carbons (Fsp3) is 0.387. The predicted molar refractivity (Wildman–Crippen MR) is 148 cm³/mol. The molecule has 7 nitrogen and oxygen atoms in total. The quantitative estimate of drug-likeness (QED) is 0.404. The van der Waals surface area contributed by atoms with E-state index in [9.17, 15) is 18.3 Å². The van der Waals surface area contributed by atoms with Crippen LogP contribution in [0.1, 0.15) is 29.5 Å². The summed E-state index contributed by atoms with van der Waals surface area (Å²) in [5.74, 6) is -0.940. The molecule has 1 saturated carbocycles. The second-order valence-electron chi connectivity index (χ2n) is 10.9. The second-order valence-corrected chi connectivity index (χ2v) is 12.5. The standard InChI is InChI=1S/C31H34FNO6S/c1-21-11-13-25(14-12-21)40(36,37)39-20-22-15-24-18-33(30(34)16-23-7-3-6-10-29(23)38-2)19-27(24)31(35,17-22)26-8-4-5-9-28(26)32/h3-14,22,24,27,35H,15-20H2,1-2H3. The van der Waals surface area contributed by atoms with E-state index in [0.717, 1.165) is 11.1 Å². The zero-order valence-corrected chi connectivity index (χ0v) is 23.4. The molecule has 212 valence electrons. The number of para-hydroxylation sites is 1. The van der Waals surface area contributed by atoms with Crippen molar-refractivity contribution in [3.8, 4) is 5.75 Å². The molecule has 4 atom stereocenters. The topological polar surface area (TPSA) is 93.1 Å². The van der Waals surface area contributed by atoms with Gasteiger partial charge < -0.3 is 14.7 Å². The van der Waals surface area contributed by atoms with Crippen molar-refractivity contribution in [3.63, 3.8) is 0 Å². The van der Waals surface area contributed by atoms with E-state index >= 15 is 4.39 Å². The van der Waals surface area contributed by atoms with E-state index in [1.54, 1.807) is 48.4 Å². The van der Waals surface area contributed by atoms with Gasteiger partial charge in [-0.1, -0.05) is 54.1 Å². The first-order valence-corrected chi connectivity index (χ1v) is 14.8. The minimum atomic E-state index is -4.01. The first-order valence-electron chi connectivity index (χ1n) is 13.4. The van der Waals surface area contributed by atoms with Gasteiger partial charge in [-0.25, -0.2) is 4.39 Å². The van der Waals surface area contributed by atoms with Gasteiger partial charge in [0.05, 0.1) is 30.6 Å². The number of aryl methyl sites for hydroxylation is 1. The van der Waals surface area contributed by atoms with Gasteiger partial charge in [-0.05, 0) is 55.9 Å². The van der Waals surface area contributed by atoms with Gasteiger partial charge in [-0.2, -0.15) is 8.42 Å². The molecule has 1 amide bonds. The number of aliphatic hydroxyl groups is 1. The summed E-state index contributed by atoms with van der Waals surface area (Å²) in [6.45, 7) is 2.38. The third-order valence-electron chi connectivity index (χ3n) is 8.29. The molecule has 0 spiro atoms. The Kier molecular flexibility index (Phi) is 7.99. The van der Waals surface area contributed by atoms with Crippen molar-refractivity contribution in [2.45, 2.75) is 36.7 Å². The lowest BCUT2D eigenvalue weighted by Crippen LogP contribution is -2.47. The number of carbonyl (C=O) groups is 1. The Labute approximate surface area is 234 Å². The number of hydrogen-bond acceptors (Lipinski definition) is 6. The summed E-state index contributed by atoms with van der Waals surface area (Å²) in [4.78, 5) is 15.2. The average Bonchev–Trinajstić information content (AvgIpc) is 3.38. The molecule has 1 saturated heterocycles. The number of carbonyl (C=O) groups excluding carboxylic acids is 1. The second kappa shape index (κ2) is 11.3. The first-order chi connectivity index (χ1) is 19.1. The van der Waals surface area contributed by atoms with E-state index in [4.69, 9.17) is 8.92 Å². The maximum absolute atomic E-state index is 15.1. The highest BCUT2D eigenvalue weighted by Gasteiger charge is 2.54. The van der Waals surface area contributed by atoms with Crippen LogP contribution < -0.4 is 4.74 Å². The molecule has 1 aliphatic carbocycles. The van der Waals surface area contributed by atoms with Crippen molar-refractivity contribution in [1.29, 1.82) is 0 Å². The molecule has 1 heterocycles. The number of halogens is 1. The molecule has 4 unspecified atom stereocenters. The third kappa shape index (κ3) is 5.64. The lowest BCUT2D eigenvalue weighted by molar-refractivity contribution is -0.130. The fourth-order valence-corrected chi connectivity index (χ4v) is 7.27. The van der Waals surface area contributed by atoms with E-state index in [1.807, 2.05) is 25.1 Å². The zero-order valence-electron chi connectivity index (χ0n) is 22.6. The summed E-state index contributed by atoms with van der Waals surface area (Å²) in [6.07, 6.45) is 0.805. The Morgan fingerprint density at radius 3 is 2.48 bits per heavy atom. The minimum Gasteiger partial charge on any atom is -0.496 e. The van der Waals surface area contributed by atoms with E-state index < -0.39 is 27.5 Å². The van der Waals surface area contributed by atoms with Crippen molar-refractivity contribution in [3.05, 3.63) is 95.3 Å². The van der Waals surface area contributed by atoms with Crippen LogP contribution in [0.15, 0.2) is 77.7 Å². The predicted octanol–water partition coefficient (Wildman–Crippen LogP) is 4.46. The molecular formula is C31H34FNO6S. The molecular weight excluding hydrogens is 533 g/mol. The Bertz CT molecular complexity index is 1480. The summed E-state index contributed by atoms with van der Waals surface area (Å²) < 4.78 is 51.6. The summed E-state index contributed by atoms with van der Waals surface area (Å²) in [7, 11) is -2.45. The lowest BCUT2D eigenvalue weighted by atomic mass is 9.64. The van der Waals surface area contributed by atoms with E-state index in [0.29, 0.717) is 18.7 Å². The van der Waals surface area contributed by atoms with Crippen LogP contribution in [-0.4, -0.2) is 51.1 Å². The summed E-state index contributed by atoms with van der Waals surface area (Å²) in [6, 6.07) is 19.9. The van der Waals surface area contributed by atoms with Crippen LogP contribution in [0, 0.1) is 30.5 Å². The number of benzene rings is 3. The largest absolute Gasteiger partial charge is 0.496 e. The molecule has 2 fully saturated rings. The van der Waals surface area contributed by atoms with Gasteiger partial charge in [0.15, 0.2) is 0 Å². The highest BCUT2D eigenvalue weighted by Crippen LogP contribution is 2.51. The Morgan fingerprint density at radius 2 is 1.75 bits per heavy atom. The molecule has 2 aliphatic rings. The SMILES string of the molecule is COc1ccccc1CC(=O)N1CC2CC(COS(=O)(=O)c3ccc(C)cc3)CC(O)(c3ccccc3F)C2C1. The third-order valence-corrected chi connectivity index (χ3v) is 9.58. The highest BCUT2D eigenvalue weighted by atomic mass is 32.2. The molecule has 0 aromatic heterocycles. The van der Waals surface area contributed by atoms with E-state index in [-0.39, 0.29) is 54.2 Å². The molecule has 1 aliphatic heterocycles. The van der Waals surface area contributed by atoms with Gasteiger partial charge in [0.25, 0.3) is 10.1 Å². The maximum Gasteiger partial charge on any atom is 0.296 e. The zero-order chi connectivity index (χ0) is 28.5. The van der Waals surface area contributed by atoms with Gasteiger partial charge in [0.2, 0.25) is 5.91 Å². The van der Waals surface area contributed by atoms with Crippen LogP contribution in [0.5, 0.6) is 5.75 Å². The van der Waals surface area contributed by atoms with Crippen molar-refractivity contribution < 1.29 is 31.6 Å². The van der Waals surface area contributed by atoms with Crippen LogP contribution in [-0.2, 0) is 31.1 Å². The lowest BCUT2D eigenvalue weighted by Gasteiger charge is -2.44. The number of fused-ring (bicyclic) bond motifs is 1. The Hall–Kier alpha value is -3.27. The number of hydrogen-bond donors (Lipinski definition) is 1. The smallest absolute Gasteiger partial charge is 0.296 e. The number of rotatable bonds is 8. The molecule has 1 N–H and O–H groups in total. The van der Waals surface area contributed by atoms with Gasteiger partial charge in [0.1, 0.15) is 11.6 Å². The van der Waals surface area contributed by atoms with E-state index in [2.05, 4.69) is 0 Å². The van der Waals surface area contributed by atoms with Crippen molar-refractivity contribution in [2.24, 2.45) is 17.8 Å². The van der Waals surface area contributed by atoms with Crippen molar-refractivity contribution >= 4 is 16.0 Å². The number of likely N-dealkylation sites (tertiary alicyclic amines) is 1. The van der Waals surface area contributed by atoms with E-state index in [1.165, 1.54) is 18.2 Å². The highest BCUT2D eigenvalue weighted by molar-refractivity contribution is 7.86. The number of ether oxygens (including phenoxy) is 1. The number of nitrogens with zero attached hydrogens (tertiary/aromatic N) is 1. The van der Waals surface area contributed by atoms with Gasteiger partial charge in [-0.3, -0.25) is 8.98 Å². The van der Waals surface area contributed by atoms with Gasteiger partial charge >= 0.3 is 0 Å². The summed E-state index contributed by atoms with van der Waals surface area (Å²) in [5, 5.41) is 12.1. The fourth-order valence-electron chi connectivity index (χ4n) is 6.29. The first kappa shape index (κ1) is 28.3. The van der Waals surface area contributed by atoms with Crippen LogP contribution in [0.25, 0.3) is 0 Å². The Balaban J connectivity index is 1.37. The van der Waals surface area contributed by atoms with Crippen LogP contribution in [0.2, 0.25) is 0 Å². The summed E-state index contributed by atoms with van der Waals surface area (Å²) >= 11 is 0. The minimum absolute atomic E-state index is 0.0603. The molecule has 9 heteroatoms. The molecule has 0 bridgehead atoms. The molecule has 40 heavy (non-hydrogen) atoms. The number of amides is 1. The average molecular weight is 568 g/mol. The monoisotopic (exact) mass is 567 g/mol. The molecule has 3 aromatic carbocycles. The normalized spacial score (nSPS) is 24.5. The summed E-state index contributed by atoms with van der Waals surface area (Å²) in [5.41, 5.74) is 0.269. The molecule has 0 radical (unpaired) electrons. The van der Waals surface area contributed by atoms with Crippen molar-refractivity contribution in [2.75, 3.05) is 26.8 Å². The maximum atomic E-state index is 15.1. The Morgan fingerprint density at radius 1 is 1.05 bits per heavy atom. The molecule has 5 rings (SSSR count). The van der Waals surface area contributed by atoms with Gasteiger partial charge in [0, 0.05) is 30.1 Å².